The first-order chi connectivity index (χ1) is 14.4. The molecular formula is C27H34N2O. The van der Waals surface area contributed by atoms with Crippen molar-refractivity contribution in [3.05, 3.63) is 58.9 Å². The minimum absolute atomic E-state index is 0.120. The number of aliphatic hydroxyl groups excluding tert-OH is 1. The zero-order chi connectivity index (χ0) is 20.7. The lowest BCUT2D eigenvalue weighted by atomic mass is 9.47. The molecule has 3 heteroatoms. The maximum Gasteiger partial charge on any atom is 0.0649 e. The average molecular weight is 403 g/mol. The SMILES string of the molecule is Cc1nn(-c2ccccc2)c2c1[C@@]1(C)CC[C@H]3[C@@H](CC=C4C[C@@H](O)CC[C@@]43C)[C@@H]1C2. The van der Waals surface area contributed by atoms with Gasteiger partial charge in [-0.1, -0.05) is 43.7 Å². The van der Waals surface area contributed by atoms with Crippen LogP contribution in [0.1, 0.15) is 69.3 Å². The number of rotatable bonds is 1. The summed E-state index contributed by atoms with van der Waals surface area (Å²) in [5.41, 5.74) is 7.56. The molecule has 1 heterocycles. The molecule has 1 aromatic heterocycles. The van der Waals surface area contributed by atoms with Crippen molar-refractivity contribution in [2.24, 2.45) is 23.2 Å². The number of para-hydroxylation sites is 1. The fourth-order valence-corrected chi connectivity index (χ4v) is 8.15. The number of fused-ring (bicyclic) bond motifs is 7. The molecule has 4 aliphatic carbocycles. The second-order valence-electron chi connectivity index (χ2n) is 11.0. The van der Waals surface area contributed by atoms with Crippen LogP contribution in [0.3, 0.4) is 0 Å². The van der Waals surface area contributed by atoms with E-state index in [-0.39, 0.29) is 11.5 Å². The van der Waals surface area contributed by atoms with Crippen LogP contribution < -0.4 is 0 Å². The molecule has 0 spiro atoms. The van der Waals surface area contributed by atoms with E-state index >= 15 is 0 Å². The predicted octanol–water partition coefficient (Wildman–Crippen LogP) is 5.52. The highest BCUT2D eigenvalue weighted by Gasteiger charge is 2.58. The fourth-order valence-electron chi connectivity index (χ4n) is 8.15. The summed E-state index contributed by atoms with van der Waals surface area (Å²) < 4.78 is 2.24. The van der Waals surface area contributed by atoms with Crippen molar-refractivity contribution in [2.45, 2.75) is 77.2 Å². The zero-order valence-corrected chi connectivity index (χ0v) is 18.6. The summed E-state index contributed by atoms with van der Waals surface area (Å²) in [4.78, 5) is 0. The van der Waals surface area contributed by atoms with Gasteiger partial charge in [-0.05, 0) is 92.6 Å². The molecule has 2 saturated carbocycles. The number of hydrogen-bond donors (Lipinski definition) is 1. The van der Waals surface area contributed by atoms with Crippen LogP contribution in [0, 0.1) is 30.1 Å². The Balaban J connectivity index is 1.41. The molecule has 30 heavy (non-hydrogen) atoms. The van der Waals surface area contributed by atoms with E-state index in [1.807, 2.05) is 0 Å². The number of benzene rings is 1. The number of allylic oxidation sites excluding steroid dienone is 1. The van der Waals surface area contributed by atoms with Crippen LogP contribution in [0.15, 0.2) is 42.0 Å². The lowest BCUT2D eigenvalue weighted by molar-refractivity contribution is -0.0167. The van der Waals surface area contributed by atoms with E-state index < -0.39 is 0 Å². The summed E-state index contributed by atoms with van der Waals surface area (Å²) in [6.45, 7) is 7.28. The maximum absolute atomic E-state index is 10.3. The highest BCUT2D eigenvalue weighted by molar-refractivity contribution is 5.46. The van der Waals surface area contributed by atoms with Gasteiger partial charge in [-0.25, -0.2) is 4.68 Å². The van der Waals surface area contributed by atoms with E-state index in [1.165, 1.54) is 36.3 Å². The summed E-state index contributed by atoms with van der Waals surface area (Å²) in [6, 6.07) is 10.7. The van der Waals surface area contributed by atoms with Crippen LogP contribution >= 0.6 is 0 Å². The number of nitrogens with zero attached hydrogens (tertiary/aromatic N) is 2. The Hall–Kier alpha value is -1.87. The molecule has 0 amide bonds. The first-order valence-electron chi connectivity index (χ1n) is 11.9. The Morgan fingerprint density at radius 2 is 1.77 bits per heavy atom. The van der Waals surface area contributed by atoms with Gasteiger partial charge < -0.3 is 5.11 Å². The zero-order valence-electron chi connectivity index (χ0n) is 18.6. The van der Waals surface area contributed by atoms with E-state index in [4.69, 9.17) is 5.10 Å². The second kappa shape index (κ2) is 6.32. The lowest BCUT2D eigenvalue weighted by Gasteiger charge is -2.57. The molecule has 6 rings (SSSR count). The van der Waals surface area contributed by atoms with Crippen molar-refractivity contribution in [1.82, 2.24) is 9.78 Å². The summed E-state index contributed by atoms with van der Waals surface area (Å²) in [7, 11) is 0. The minimum Gasteiger partial charge on any atom is -0.393 e. The van der Waals surface area contributed by atoms with Crippen molar-refractivity contribution in [3.8, 4) is 5.69 Å². The Bertz CT molecular complexity index is 1020. The molecule has 0 bridgehead atoms. The number of aryl methyl sites for hydroxylation is 1. The van der Waals surface area contributed by atoms with Gasteiger partial charge in [-0.3, -0.25) is 0 Å². The molecule has 3 nitrogen and oxygen atoms in total. The minimum atomic E-state index is -0.120. The summed E-state index contributed by atoms with van der Waals surface area (Å²) in [5, 5.41) is 15.3. The monoisotopic (exact) mass is 402 g/mol. The average Bonchev–Trinajstić information content (AvgIpc) is 3.24. The van der Waals surface area contributed by atoms with E-state index in [2.05, 4.69) is 61.9 Å². The van der Waals surface area contributed by atoms with Crippen molar-refractivity contribution in [2.75, 3.05) is 0 Å². The van der Waals surface area contributed by atoms with Gasteiger partial charge in [0.05, 0.1) is 17.5 Å². The van der Waals surface area contributed by atoms with Crippen molar-refractivity contribution in [1.29, 1.82) is 0 Å². The quantitative estimate of drug-likeness (QED) is 0.638. The maximum atomic E-state index is 10.3. The van der Waals surface area contributed by atoms with Crippen LogP contribution in [0.2, 0.25) is 0 Å². The highest BCUT2D eigenvalue weighted by atomic mass is 16.3. The van der Waals surface area contributed by atoms with Gasteiger partial charge in [0.25, 0.3) is 0 Å². The molecule has 1 N–H and O–H groups in total. The van der Waals surface area contributed by atoms with Gasteiger partial charge in [0.2, 0.25) is 0 Å². The third-order valence-electron chi connectivity index (χ3n) is 9.61. The molecule has 2 fully saturated rings. The molecule has 0 aliphatic heterocycles. The Morgan fingerprint density at radius 1 is 1.00 bits per heavy atom. The highest BCUT2D eigenvalue weighted by Crippen LogP contribution is 2.64. The number of aliphatic hydroxyl groups is 1. The second-order valence-corrected chi connectivity index (χ2v) is 11.0. The van der Waals surface area contributed by atoms with Gasteiger partial charge in [0.1, 0.15) is 0 Å². The Kier molecular flexibility index (Phi) is 3.98. The Labute approximate surface area is 180 Å². The van der Waals surface area contributed by atoms with Crippen molar-refractivity contribution < 1.29 is 5.11 Å². The fraction of sp³-hybridized carbons (Fsp3) is 0.593. The number of aromatic nitrogens is 2. The molecule has 2 aromatic rings. The van der Waals surface area contributed by atoms with Crippen LogP contribution in [-0.4, -0.2) is 21.0 Å². The van der Waals surface area contributed by atoms with E-state index in [9.17, 15) is 5.11 Å². The smallest absolute Gasteiger partial charge is 0.0649 e. The van der Waals surface area contributed by atoms with Crippen molar-refractivity contribution >= 4 is 0 Å². The van der Waals surface area contributed by atoms with Crippen LogP contribution in [0.4, 0.5) is 0 Å². The summed E-state index contributed by atoms with van der Waals surface area (Å²) >= 11 is 0. The first-order valence-corrected chi connectivity index (χ1v) is 11.9. The van der Waals surface area contributed by atoms with E-state index in [1.54, 1.807) is 11.1 Å². The molecule has 158 valence electrons. The largest absolute Gasteiger partial charge is 0.393 e. The van der Waals surface area contributed by atoms with Crippen molar-refractivity contribution in [3.63, 3.8) is 0 Å². The first kappa shape index (κ1) is 18.9. The molecule has 0 radical (unpaired) electrons. The predicted molar refractivity (Wildman–Crippen MR) is 120 cm³/mol. The van der Waals surface area contributed by atoms with Gasteiger partial charge >= 0.3 is 0 Å². The van der Waals surface area contributed by atoms with Gasteiger partial charge in [0.15, 0.2) is 0 Å². The third kappa shape index (κ3) is 2.39. The normalized spacial score (nSPS) is 39.5. The summed E-state index contributed by atoms with van der Waals surface area (Å²) in [6.07, 6.45) is 10.4. The molecule has 6 atom stereocenters. The Morgan fingerprint density at radius 3 is 2.57 bits per heavy atom. The van der Waals surface area contributed by atoms with Gasteiger partial charge in [-0.15, -0.1) is 0 Å². The van der Waals surface area contributed by atoms with Crippen LogP contribution in [0.5, 0.6) is 0 Å². The molecule has 1 aromatic carbocycles. The topological polar surface area (TPSA) is 38.0 Å². The number of hydrogen-bond acceptors (Lipinski definition) is 2. The molecule has 0 saturated heterocycles. The van der Waals surface area contributed by atoms with Gasteiger partial charge in [-0.2, -0.15) is 5.10 Å². The van der Waals surface area contributed by atoms with Crippen LogP contribution in [0.25, 0.3) is 5.69 Å². The van der Waals surface area contributed by atoms with E-state index in [0.717, 1.165) is 37.5 Å². The standard InChI is InChI=1S/C27H34N2O/c1-17-25-24(29(28-17)19-7-5-4-6-8-19)16-23-21-10-9-18-15-20(30)11-13-26(18,2)22(21)12-14-27(23,25)3/h4-9,20-23,30H,10-16H2,1-3H3/t20-,21+,22-,23-,26-,27-/m0/s1. The van der Waals surface area contributed by atoms with Gasteiger partial charge in [0, 0.05) is 11.3 Å². The molecule has 4 aliphatic rings. The molecule has 0 unspecified atom stereocenters. The summed E-state index contributed by atoms with van der Waals surface area (Å²) in [5.74, 6) is 2.23. The lowest BCUT2D eigenvalue weighted by Crippen LogP contribution is -2.51. The molecular weight excluding hydrogens is 368 g/mol. The van der Waals surface area contributed by atoms with E-state index in [0.29, 0.717) is 11.3 Å². The third-order valence-corrected chi connectivity index (χ3v) is 9.61. The van der Waals surface area contributed by atoms with Crippen LogP contribution in [-0.2, 0) is 11.8 Å².